The Morgan fingerprint density at radius 1 is 0.771 bits per heavy atom. The van der Waals surface area contributed by atoms with E-state index in [1.807, 2.05) is 36.4 Å². The second-order valence-corrected chi connectivity index (χ2v) is 8.12. The van der Waals surface area contributed by atoms with Crippen molar-refractivity contribution in [3.05, 3.63) is 96.1 Å². The minimum atomic E-state index is -0.422. The fourth-order valence-electron chi connectivity index (χ4n) is 3.21. The van der Waals surface area contributed by atoms with E-state index < -0.39 is 11.9 Å². The lowest BCUT2D eigenvalue weighted by Crippen LogP contribution is -2.34. The van der Waals surface area contributed by atoms with Crippen LogP contribution in [0.4, 0.5) is 11.4 Å². The van der Waals surface area contributed by atoms with Gasteiger partial charge in [-0.2, -0.15) is 0 Å². The highest BCUT2D eigenvalue weighted by Crippen LogP contribution is 2.16. The number of anilines is 2. The van der Waals surface area contributed by atoms with Crippen LogP contribution in [0.15, 0.2) is 84.9 Å². The lowest BCUT2D eigenvalue weighted by molar-refractivity contribution is -0.145. The molecule has 8 heteroatoms. The van der Waals surface area contributed by atoms with E-state index in [9.17, 15) is 14.4 Å². The summed E-state index contributed by atoms with van der Waals surface area (Å²) in [6, 6.07) is 25.8. The average Bonchev–Trinajstić information content (AvgIpc) is 2.86. The molecule has 2 amide bonds. The number of benzene rings is 3. The van der Waals surface area contributed by atoms with E-state index in [1.54, 1.807) is 48.5 Å². The number of nitrogens with one attached hydrogen (secondary N) is 3. The molecule has 0 saturated heterocycles. The molecule has 3 rings (SSSR count). The summed E-state index contributed by atoms with van der Waals surface area (Å²) in [5.41, 5.74) is 2.91. The van der Waals surface area contributed by atoms with Crippen molar-refractivity contribution in [1.29, 1.82) is 0 Å². The Bertz CT molecular complexity index is 1150. The highest BCUT2D eigenvalue weighted by Gasteiger charge is 2.11. The normalized spacial score (nSPS) is 10.2. The van der Waals surface area contributed by atoms with Crippen LogP contribution in [0.3, 0.4) is 0 Å². The number of ether oxygens (including phenoxy) is 1. The maximum Gasteiger partial charge on any atom is 0.306 e. The zero-order valence-electron chi connectivity index (χ0n) is 19.2. The standard InChI is InChI=1S/C27H27N3O4S/c31-24(16-17-25(32)34-18-8-11-20-9-3-1-4-10-20)30-27(35)29-23-15-7-14-22(19-23)28-26(33)21-12-5-2-6-13-21/h1-7,9-10,12-15,19H,8,11,16-18H2,(H,28,33)(H2,29,30,31,35). The van der Waals surface area contributed by atoms with Crippen LogP contribution in [0.5, 0.6) is 0 Å². The molecule has 3 N–H and O–H groups in total. The van der Waals surface area contributed by atoms with Crippen LogP contribution >= 0.6 is 12.2 Å². The van der Waals surface area contributed by atoms with E-state index in [-0.39, 0.29) is 23.9 Å². The largest absolute Gasteiger partial charge is 0.466 e. The predicted octanol–water partition coefficient (Wildman–Crippen LogP) is 4.71. The predicted molar refractivity (Wildman–Crippen MR) is 140 cm³/mol. The van der Waals surface area contributed by atoms with Gasteiger partial charge in [-0.05, 0) is 61.0 Å². The summed E-state index contributed by atoms with van der Waals surface area (Å²) in [6.07, 6.45) is 1.49. The Kier molecular flexibility index (Phi) is 9.95. The molecular formula is C27H27N3O4S. The fourth-order valence-corrected chi connectivity index (χ4v) is 3.45. The number of amides is 2. The summed E-state index contributed by atoms with van der Waals surface area (Å²) < 4.78 is 5.19. The molecule has 0 aliphatic heterocycles. The van der Waals surface area contributed by atoms with Gasteiger partial charge in [0.2, 0.25) is 5.91 Å². The van der Waals surface area contributed by atoms with Crippen LogP contribution < -0.4 is 16.0 Å². The molecule has 0 aromatic heterocycles. The molecule has 0 aliphatic carbocycles. The van der Waals surface area contributed by atoms with Crippen molar-refractivity contribution in [1.82, 2.24) is 5.32 Å². The fraction of sp³-hybridized carbons (Fsp3) is 0.185. The lowest BCUT2D eigenvalue weighted by Gasteiger charge is -2.11. The molecule has 0 heterocycles. The van der Waals surface area contributed by atoms with Gasteiger partial charge in [-0.15, -0.1) is 0 Å². The SMILES string of the molecule is O=C(CCC(=O)OCCCc1ccccc1)NC(=S)Nc1cccc(NC(=O)c2ccccc2)c1. The number of hydrogen-bond donors (Lipinski definition) is 3. The first kappa shape index (κ1) is 25.6. The van der Waals surface area contributed by atoms with E-state index >= 15 is 0 Å². The first-order valence-corrected chi connectivity index (χ1v) is 11.7. The maximum absolute atomic E-state index is 12.3. The second-order valence-electron chi connectivity index (χ2n) is 7.71. The monoisotopic (exact) mass is 489 g/mol. The summed E-state index contributed by atoms with van der Waals surface area (Å²) in [4.78, 5) is 36.3. The molecule has 35 heavy (non-hydrogen) atoms. The highest BCUT2D eigenvalue weighted by atomic mass is 32.1. The average molecular weight is 490 g/mol. The quantitative estimate of drug-likeness (QED) is 0.217. The number of aryl methyl sites for hydroxylation is 1. The molecule has 3 aromatic rings. The van der Waals surface area contributed by atoms with E-state index in [0.717, 1.165) is 12.8 Å². The van der Waals surface area contributed by atoms with Crippen molar-refractivity contribution in [3.8, 4) is 0 Å². The van der Waals surface area contributed by atoms with Crippen LogP contribution in [-0.2, 0) is 20.7 Å². The number of rotatable bonds is 10. The van der Waals surface area contributed by atoms with Crippen molar-refractivity contribution in [2.75, 3.05) is 17.2 Å². The molecule has 180 valence electrons. The number of hydrogen-bond acceptors (Lipinski definition) is 5. The van der Waals surface area contributed by atoms with Crippen molar-refractivity contribution in [2.45, 2.75) is 25.7 Å². The van der Waals surface area contributed by atoms with E-state index in [1.165, 1.54) is 5.56 Å². The van der Waals surface area contributed by atoms with E-state index in [0.29, 0.717) is 23.5 Å². The molecule has 0 spiro atoms. The Balaban J connectivity index is 1.35. The molecule has 3 aromatic carbocycles. The van der Waals surface area contributed by atoms with Gasteiger partial charge in [-0.25, -0.2) is 0 Å². The summed E-state index contributed by atoms with van der Waals surface area (Å²) in [5.74, 6) is -1.04. The van der Waals surface area contributed by atoms with Gasteiger partial charge in [0.15, 0.2) is 5.11 Å². The van der Waals surface area contributed by atoms with Gasteiger partial charge in [0.05, 0.1) is 13.0 Å². The maximum atomic E-state index is 12.3. The molecule has 0 radical (unpaired) electrons. The van der Waals surface area contributed by atoms with Gasteiger partial charge < -0.3 is 20.7 Å². The van der Waals surface area contributed by atoms with E-state index in [4.69, 9.17) is 17.0 Å². The van der Waals surface area contributed by atoms with Gasteiger partial charge in [0.25, 0.3) is 5.91 Å². The molecule has 0 aliphatic rings. The minimum absolute atomic E-state index is 0.0270. The van der Waals surface area contributed by atoms with Crippen LogP contribution in [0.2, 0.25) is 0 Å². The van der Waals surface area contributed by atoms with Crippen LogP contribution in [0.25, 0.3) is 0 Å². The number of thiocarbonyl (C=S) groups is 1. The van der Waals surface area contributed by atoms with E-state index in [2.05, 4.69) is 16.0 Å². The smallest absolute Gasteiger partial charge is 0.306 e. The number of esters is 1. The van der Waals surface area contributed by atoms with Gasteiger partial charge in [-0.3, -0.25) is 14.4 Å². The molecule has 0 atom stereocenters. The first-order chi connectivity index (χ1) is 17.0. The van der Waals surface area contributed by atoms with Gasteiger partial charge in [0.1, 0.15) is 0 Å². The topological polar surface area (TPSA) is 96.5 Å². The molecule has 0 fully saturated rings. The number of carbonyl (C=O) groups excluding carboxylic acids is 3. The zero-order chi connectivity index (χ0) is 24.9. The highest BCUT2D eigenvalue weighted by molar-refractivity contribution is 7.80. The number of carbonyl (C=O) groups is 3. The van der Waals surface area contributed by atoms with Gasteiger partial charge >= 0.3 is 5.97 Å². The third-order valence-electron chi connectivity index (χ3n) is 4.94. The Morgan fingerprint density at radius 2 is 1.43 bits per heavy atom. The zero-order valence-corrected chi connectivity index (χ0v) is 20.0. The van der Waals surface area contributed by atoms with Crippen molar-refractivity contribution in [3.63, 3.8) is 0 Å². The first-order valence-electron chi connectivity index (χ1n) is 11.3. The van der Waals surface area contributed by atoms with Crippen LogP contribution in [0, 0.1) is 0 Å². The summed E-state index contributed by atoms with van der Waals surface area (Å²) >= 11 is 5.19. The third-order valence-corrected chi connectivity index (χ3v) is 5.14. The molecule has 7 nitrogen and oxygen atoms in total. The van der Waals surface area contributed by atoms with Crippen molar-refractivity contribution >= 4 is 46.5 Å². The second kappa shape index (κ2) is 13.6. The molecule has 0 saturated carbocycles. The van der Waals surface area contributed by atoms with Gasteiger partial charge in [0, 0.05) is 23.4 Å². The Labute approximate surface area is 209 Å². The van der Waals surface area contributed by atoms with Crippen LogP contribution in [-0.4, -0.2) is 29.5 Å². The van der Waals surface area contributed by atoms with Crippen LogP contribution in [0.1, 0.15) is 35.2 Å². The molecular weight excluding hydrogens is 462 g/mol. The summed E-state index contributed by atoms with van der Waals surface area (Å²) in [5, 5.41) is 8.36. The lowest BCUT2D eigenvalue weighted by atomic mass is 10.1. The third kappa shape index (κ3) is 9.38. The van der Waals surface area contributed by atoms with Crippen molar-refractivity contribution in [2.24, 2.45) is 0 Å². The Morgan fingerprint density at radius 3 is 2.14 bits per heavy atom. The Hall–Kier alpha value is -4.04. The summed E-state index contributed by atoms with van der Waals surface area (Å²) in [6.45, 7) is 0.312. The van der Waals surface area contributed by atoms with Gasteiger partial charge in [-0.1, -0.05) is 54.6 Å². The van der Waals surface area contributed by atoms with Crippen molar-refractivity contribution < 1.29 is 19.1 Å². The molecule has 0 bridgehead atoms. The minimum Gasteiger partial charge on any atom is -0.466 e. The summed E-state index contributed by atoms with van der Waals surface area (Å²) in [7, 11) is 0. The molecule has 0 unspecified atom stereocenters.